The number of rotatable bonds is 0. The van der Waals surface area contributed by atoms with Crippen LogP contribution in [0.15, 0.2) is 47.2 Å². The van der Waals surface area contributed by atoms with Crippen LogP contribution in [0.2, 0.25) is 0 Å². The van der Waals surface area contributed by atoms with E-state index < -0.39 is 11.8 Å². The molecule has 0 radical (unpaired) electrons. The summed E-state index contributed by atoms with van der Waals surface area (Å²) in [6.07, 6.45) is 7.35. The molecule has 5 nitrogen and oxygen atoms in total. The zero-order valence-electron chi connectivity index (χ0n) is 10.9. The molecule has 0 aromatic rings. The lowest BCUT2D eigenvalue weighted by Gasteiger charge is -2.46. The highest BCUT2D eigenvalue weighted by Crippen LogP contribution is 2.36. The van der Waals surface area contributed by atoms with Crippen LogP contribution in [0, 0.1) is 0 Å². The van der Waals surface area contributed by atoms with Crippen molar-refractivity contribution >= 4 is 12.4 Å². The largest absolute Gasteiger partial charge is 0.465 e. The molecular formula is C13H18ClN3O2. The summed E-state index contributed by atoms with van der Waals surface area (Å²) in [5, 5.41) is 14.9. The molecule has 0 saturated carbocycles. The van der Waals surface area contributed by atoms with E-state index in [-0.39, 0.29) is 12.4 Å². The fraction of sp³-hybridized carbons (Fsp3) is 0.385. The molecule has 0 amide bonds. The number of aliphatic hydroxyl groups is 1. The van der Waals surface area contributed by atoms with Crippen LogP contribution in [0.25, 0.3) is 0 Å². The minimum Gasteiger partial charge on any atom is -0.465 e. The van der Waals surface area contributed by atoms with Crippen LogP contribution in [0.1, 0.15) is 20.3 Å². The van der Waals surface area contributed by atoms with Gasteiger partial charge in [-0.2, -0.15) is 0 Å². The minimum atomic E-state index is -0.780. The second kappa shape index (κ2) is 4.59. The molecule has 19 heavy (non-hydrogen) atoms. The molecule has 0 bridgehead atoms. The highest BCUT2D eigenvalue weighted by atomic mass is 35.5. The van der Waals surface area contributed by atoms with Gasteiger partial charge in [-0.25, -0.2) is 5.84 Å². The minimum absolute atomic E-state index is 0. The van der Waals surface area contributed by atoms with Crippen LogP contribution < -0.4 is 11.2 Å². The molecule has 2 aliphatic heterocycles. The molecule has 4 N–H and O–H groups in total. The number of hydrogen-bond acceptors (Lipinski definition) is 5. The van der Waals surface area contributed by atoms with Crippen molar-refractivity contribution in [2.45, 2.75) is 32.0 Å². The summed E-state index contributed by atoms with van der Waals surface area (Å²) < 4.78 is 5.45. The van der Waals surface area contributed by atoms with E-state index in [0.717, 1.165) is 29.1 Å². The summed E-state index contributed by atoms with van der Waals surface area (Å²) in [5.74, 6) is 6.77. The number of nitrogens with one attached hydrogen (secondary N) is 1. The molecular weight excluding hydrogens is 266 g/mol. The number of aliphatic hydroxyl groups excluding tert-OH is 1. The lowest BCUT2D eigenvalue weighted by molar-refractivity contribution is -0.0442. The lowest BCUT2D eigenvalue weighted by Crippen LogP contribution is -2.63. The molecule has 1 aliphatic carbocycles. The summed E-state index contributed by atoms with van der Waals surface area (Å²) in [6.45, 7) is 3.85. The number of fused-ring (bicyclic) bond motifs is 1. The second-order valence-electron chi connectivity index (χ2n) is 5.32. The van der Waals surface area contributed by atoms with Crippen LogP contribution in [-0.4, -0.2) is 21.9 Å². The van der Waals surface area contributed by atoms with Crippen LogP contribution in [0.3, 0.4) is 0 Å². The van der Waals surface area contributed by atoms with Gasteiger partial charge in [0.25, 0.3) is 0 Å². The van der Waals surface area contributed by atoms with Crippen LogP contribution in [0.4, 0.5) is 0 Å². The van der Waals surface area contributed by atoms with Crippen LogP contribution >= 0.6 is 12.4 Å². The van der Waals surface area contributed by atoms with Gasteiger partial charge in [0, 0.05) is 23.8 Å². The van der Waals surface area contributed by atoms with Gasteiger partial charge in [0.15, 0.2) is 6.23 Å². The quantitative estimate of drug-likeness (QED) is 0.584. The van der Waals surface area contributed by atoms with Crippen molar-refractivity contribution in [3.63, 3.8) is 0 Å². The third-order valence-electron chi connectivity index (χ3n) is 3.49. The fourth-order valence-corrected chi connectivity index (χ4v) is 2.46. The Bertz CT molecular complexity index is 520. The molecule has 0 saturated heterocycles. The van der Waals surface area contributed by atoms with E-state index in [9.17, 15) is 5.11 Å². The van der Waals surface area contributed by atoms with E-state index in [1.54, 1.807) is 6.26 Å². The number of halogens is 1. The molecule has 0 spiro atoms. The first-order valence-electron chi connectivity index (χ1n) is 5.97. The number of allylic oxidation sites excluding steroid dienone is 5. The van der Waals surface area contributed by atoms with Gasteiger partial charge in [0.2, 0.25) is 0 Å². The molecule has 3 rings (SSSR count). The molecule has 0 aromatic carbocycles. The first-order valence-corrected chi connectivity index (χ1v) is 5.97. The summed E-state index contributed by atoms with van der Waals surface area (Å²) in [5.41, 5.74) is 2.43. The topological polar surface area (TPSA) is 70.8 Å². The highest BCUT2D eigenvalue weighted by Gasteiger charge is 2.40. The van der Waals surface area contributed by atoms with Gasteiger partial charge in [-0.15, -0.1) is 12.4 Å². The summed E-state index contributed by atoms with van der Waals surface area (Å²) in [6, 6.07) is 0. The van der Waals surface area contributed by atoms with Gasteiger partial charge in [-0.05, 0) is 19.9 Å². The van der Waals surface area contributed by atoms with Gasteiger partial charge in [-0.3, -0.25) is 5.01 Å². The Morgan fingerprint density at radius 3 is 3.00 bits per heavy atom. The Morgan fingerprint density at radius 2 is 2.26 bits per heavy atom. The number of nitrogens with zero attached hydrogens (tertiary/aromatic N) is 1. The predicted octanol–water partition coefficient (Wildman–Crippen LogP) is 1.25. The Morgan fingerprint density at radius 1 is 1.53 bits per heavy atom. The smallest absolute Gasteiger partial charge is 0.163 e. The normalized spacial score (nSPS) is 27.2. The monoisotopic (exact) mass is 283 g/mol. The SMILES string of the molecule is CC1(C)NC2=C(C=C3OC=CC=C3C2)N(N)[C@@H]1O.Cl. The Hall–Kier alpha value is -1.43. The van der Waals surface area contributed by atoms with E-state index in [0.29, 0.717) is 0 Å². The maximum Gasteiger partial charge on any atom is 0.163 e. The number of ether oxygens (including phenoxy) is 1. The number of nitrogens with two attached hydrogens (primary N) is 1. The van der Waals surface area contributed by atoms with Gasteiger partial charge < -0.3 is 15.2 Å². The molecule has 0 unspecified atom stereocenters. The van der Waals surface area contributed by atoms with Crippen molar-refractivity contribution in [3.8, 4) is 0 Å². The number of hydrazine groups is 1. The predicted molar refractivity (Wildman–Crippen MR) is 74.5 cm³/mol. The fourth-order valence-electron chi connectivity index (χ4n) is 2.46. The summed E-state index contributed by atoms with van der Waals surface area (Å²) in [7, 11) is 0. The van der Waals surface area contributed by atoms with Gasteiger partial charge in [0.05, 0.1) is 17.5 Å². The van der Waals surface area contributed by atoms with E-state index in [1.165, 1.54) is 5.01 Å². The molecule has 1 atom stereocenters. The highest BCUT2D eigenvalue weighted by molar-refractivity contribution is 5.85. The van der Waals surface area contributed by atoms with E-state index in [4.69, 9.17) is 10.6 Å². The van der Waals surface area contributed by atoms with Gasteiger partial charge in [0.1, 0.15) is 5.76 Å². The first kappa shape index (κ1) is 14.0. The van der Waals surface area contributed by atoms with Crippen LogP contribution in [0.5, 0.6) is 0 Å². The Balaban J connectivity index is 0.00000133. The van der Waals surface area contributed by atoms with Crippen molar-refractivity contribution in [3.05, 3.63) is 47.2 Å². The van der Waals surface area contributed by atoms with Gasteiger partial charge >= 0.3 is 0 Å². The lowest BCUT2D eigenvalue weighted by atomic mass is 9.91. The van der Waals surface area contributed by atoms with E-state index >= 15 is 0 Å². The zero-order chi connectivity index (χ0) is 12.9. The maximum absolute atomic E-state index is 10.1. The third kappa shape index (κ3) is 2.14. The molecule has 104 valence electrons. The number of hydrogen-bond donors (Lipinski definition) is 3. The van der Waals surface area contributed by atoms with E-state index in [1.807, 2.05) is 32.1 Å². The maximum atomic E-state index is 10.1. The first-order chi connectivity index (χ1) is 8.49. The van der Waals surface area contributed by atoms with Crippen molar-refractivity contribution in [1.82, 2.24) is 10.3 Å². The molecule has 0 fully saturated rings. The molecule has 0 aromatic heterocycles. The Kier molecular flexibility index (Phi) is 3.38. The van der Waals surface area contributed by atoms with Crippen molar-refractivity contribution in [2.75, 3.05) is 0 Å². The van der Waals surface area contributed by atoms with Gasteiger partial charge in [-0.1, -0.05) is 6.08 Å². The average molecular weight is 284 g/mol. The zero-order valence-corrected chi connectivity index (χ0v) is 11.7. The standard InChI is InChI=1S/C13H17N3O2.ClH/c1-13(2)12(17)16(14)10-7-11-8(4-3-5-18-11)6-9(10)15-13;/h3-5,7,12,15,17H,6,14H2,1-2H3;1H/t12-;/m1./s1. The van der Waals surface area contributed by atoms with Crippen LogP contribution in [-0.2, 0) is 4.74 Å². The summed E-state index contributed by atoms with van der Waals surface area (Å²) in [4.78, 5) is 0. The molecule has 6 heteroatoms. The Labute approximate surface area is 118 Å². The molecule has 3 aliphatic rings. The third-order valence-corrected chi connectivity index (χ3v) is 3.49. The summed E-state index contributed by atoms with van der Waals surface area (Å²) >= 11 is 0. The van der Waals surface area contributed by atoms with Crippen molar-refractivity contribution < 1.29 is 9.84 Å². The van der Waals surface area contributed by atoms with Crippen molar-refractivity contribution in [1.29, 1.82) is 0 Å². The average Bonchev–Trinajstić information content (AvgIpc) is 2.34. The van der Waals surface area contributed by atoms with Crippen molar-refractivity contribution in [2.24, 2.45) is 5.84 Å². The molecule has 2 heterocycles. The van der Waals surface area contributed by atoms with E-state index in [2.05, 4.69) is 5.32 Å². The second-order valence-corrected chi connectivity index (χ2v) is 5.32.